The second-order valence-corrected chi connectivity index (χ2v) is 3.84. The lowest BCUT2D eigenvalue weighted by Crippen LogP contribution is -2.14. The maximum atomic E-state index is 12.0. The molecular weight excluding hydrogens is 218 g/mol. The van der Waals surface area contributed by atoms with Gasteiger partial charge in [0.05, 0.1) is 5.56 Å². The van der Waals surface area contributed by atoms with Gasteiger partial charge in [-0.15, -0.1) is 0 Å². The number of hydrogen-bond donors (Lipinski definition) is 1. The summed E-state index contributed by atoms with van der Waals surface area (Å²) in [5, 5.41) is 6.56. The SMILES string of the molecule is Cc1ccncc1C(=O)Nc1c(C)noc1C. The van der Waals surface area contributed by atoms with Crippen LogP contribution >= 0.6 is 0 Å². The summed E-state index contributed by atoms with van der Waals surface area (Å²) in [4.78, 5) is 16.0. The van der Waals surface area contributed by atoms with Crippen LogP contribution in [0, 0.1) is 20.8 Å². The van der Waals surface area contributed by atoms with Gasteiger partial charge in [0, 0.05) is 12.4 Å². The molecule has 2 heterocycles. The lowest BCUT2D eigenvalue weighted by Gasteiger charge is -2.06. The van der Waals surface area contributed by atoms with E-state index in [0.717, 1.165) is 5.56 Å². The Morgan fingerprint density at radius 2 is 2.12 bits per heavy atom. The normalized spacial score (nSPS) is 10.3. The number of nitrogens with one attached hydrogen (secondary N) is 1. The van der Waals surface area contributed by atoms with E-state index in [1.54, 1.807) is 32.3 Å². The number of carbonyl (C=O) groups excluding carboxylic acids is 1. The quantitative estimate of drug-likeness (QED) is 0.860. The lowest BCUT2D eigenvalue weighted by atomic mass is 10.1. The zero-order valence-corrected chi connectivity index (χ0v) is 9.94. The van der Waals surface area contributed by atoms with Crippen molar-refractivity contribution in [2.45, 2.75) is 20.8 Å². The highest BCUT2D eigenvalue weighted by Crippen LogP contribution is 2.19. The Morgan fingerprint density at radius 1 is 1.35 bits per heavy atom. The first-order valence-corrected chi connectivity index (χ1v) is 5.24. The Hall–Kier alpha value is -2.17. The molecule has 0 saturated heterocycles. The summed E-state index contributed by atoms with van der Waals surface area (Å²) in [7, 11) is 0. The summed E-state index contributed by atoms with van der Waals surface area (Å²) >= 11 is 0. The largest absolute Gasteiger partial charge is 0.359 e. The fraction of sp³-hybridized carbons (Fsp3) is 0.250. The second-order valence-electron chi connectivity index (χ2n) is 3.84. The van der Waals surface area contributed by atoms with Crippen LogP contribution in [0.15, 0.2) is 23.0 Å². The average Bonchev–Trinajstić information content (AvgIpc) is 2.61. The molecule has 0 aliphatic rings. The molecule has 5 nitrogen and oxygen atoms in total. The van der Waals surface area contributed by atoms with Gasteiger partial charge in [0.2, 0.25) is 0 Å². The zero-order valence-electron chi connectivity index (χ0n) is 9.94. The Morgan fingerprint density at radius 3 is 2.71 bits per heavy atom. The first-order chi connectivity index (χ1) is 8.09. The number of hydrogen-bond acceptors (Lipinski definition) is 4. The minimum absolute atomic E-state index is 0.204. The molecule has 0 unspecified atom stereocenters. The van der Waals surface area contributed by atoms with Crippen LogP contribution in [0.5, 0.6) is 0 Å². The predicted octanol–water partition coefficient (Wildman–Crippen LogP) is 2.25. The lowest BCUT2D eigenvalue weighted by molar-refractivity contribution is 0.102. The summed E-state index contributed by atoms with van der Waals surface area (Å²) in [6.07, 6.45) is 3.20. The summed E-state index contributed by atoms with van der Waals surface area (Å²) in [6.45, 7) is 5.40. The fourth-order valence-electron chi connectivity index (χ4n) is 1.54. The molecule has 0 aromatic carbocycles. The molecule has 0 aliphatic heterocycles. The molecular formula is C12H13N3O2. The second kappa shape index (κ2) is 4.37. The third-order valence-electron chi connectivity index (χ3n) is 2.56. The Kier molecular flexibility index (Phi) is 2.91. The Balaban J connectivity index is 2.27. The van der Waals surface area contributed by atoms with E-state index in [0.29, 0.717) is 22.7 Å². The van der Waals surface area contributed by atoms with E-state index in [9.17, 15) is 4.79 Å². The van der Waals surface area contributed by atoms with Crippen molar-refractivity contribution in [1.29, 1.82) is 0 Å². The van der Waals surface area contributed by atoms with Crippen molar-refractivity contribution in [2.75, 3.05) is 5.32 Å². The summed E-state index contributed by atoms with van der Waals surface area (Å²) in [5.74, 6) is 0.391. The van der Waals surface area contributed by atoms with E-state index in [2.05, 4.69) is 15.5 Å². The number of nitrogens with zero attached hydrogens (tertiary/aromatic N) is 2. The molecule has 2 aromatic rings. The van der Waals surface area contributed by atoms with Crippen LogP contribution in [0.2, 0.25) is 0 Å². The monoisotopic (exact) mass is 231 g/mol. The zero-order chi connectivity index (χ0) is 12.4. The molecule has 0 bridgehead atoms. The molecule has 1 amide bonds. The van der Waals surface area contributed by atoms with Crippen LogP contribution in [-0.2, 0) is 0 Å². The summed E-state index contributed by atoms with van der Waals surface area (Å²) < 4.78 is 4.98. The van der Waals surface area contributed by atoms with E-state index >= 15 is 0 Å². The summed E-state index contributed by atoms with van der Waals surface area (Å²) in [6, 6.07) is 1.79. The molecule has 0 saturated carbocycles. The molecule has 0 radical (unpaired) electrons. The first-order valence-electron chi connectivity index (χ1n) is 5.24. The van der Waals surface area contributed by atoms with Crippen molar-refractivity contribution in [3.8, 4) is 0 Å². The van der Waals surface area contributed by atoms with Gasteiger partial charge in [-0.3, -0.25) is 9.78 Å². The number of aromatic nitrogens is 2. The molecule has 5 heteroatoms. The minimum Gasteiger partial charge on any atom is -0.359 e. The van der Waals surface area contributed by atoms with Crippen molar-refractivity contribution in [1.82, 2.24) is 10.1 Å². The van der Waals surface area contributed by atoms with Gasteiger partial charge in [-0.05, 0) is 32.4 Å². The number of pyridine rings is 1. The fourth-order valence-corrected chi connectivity index (χ4v) is 1.54. The van der Waals surface area contributed by atoms with Gasteiger partial charge >= 0.3 is 0 Å². The molecule has 0 aliphatic carbocycles. The number of amides is 1. The predicted molar refractivity (Wildman–Crippen MR) is 62.9 cm³/mol. The van der Waals surface area contributed by atoms with Crippen molar-refractivity contribution in [2.24, 2.45) is 0 Å². The van der Waals surface area contributed by atoms with Gasteiger partial charge in [-0.25, -0.2) is 0 Å². The van der Waals surface area contributed by atoms with Crippen LogP contribution in [0.1, 0.15) is 27.4 Å². The molecule has 0 spiro atoms. The van der Waals surface area contributed by atoms with E-state index in [1.165, 1.54) is 0 Å². The smallest absolute Gasteiger partial charge is 0.257 e. The third-order valence-corrected chi connectivity index (χ3v) is 2.56. The Bertz CT molecular complexity index is 541. The highest BCUT2D eigenvalue weighted by molar-refractivity contribution is 6.05. The highest BCUT2D eigenvalue weighted by atomic mass is 16.5. The molecule has 1 N–H and O–H groups in total. The first kappa shape index (κ1) is 11.3. The highest BCUT2D eigenvalue weighted by Gasteiger charge is 2.14. The third kappa shape index (κ3) is 2.18. The van der Waals surface area contributed by atoms with E-state index in [-0.39, 0.29) is 5.91 Å². The number of rotatable bonds is 2. The molecule has 17 heavy (non-hydrogen) atoms. The van der Waals surface area contributed by atoms with E-state index in [1.807, 2.05) is 6.92 Å². The average molecular weight is 231 g/mol. The van der Waals surface area contributed by atoms with Crippen LogP contribution in [0.25, 0.3) is 0 Å². The van der Waals surface area contributed by atoms with Crippen LogP contribution in [-0.4, -0.2) is 16.0 Å². The van der Waals surface area contributed by atoms with Gasteiger partial charge in [-0.2, -0.15) is 0 Å². The maximum Gasteiger partial charge on any atom is 0.257 e. The van der Waals surface area contributed by atoms with Gasteiger partial charge < -0.3 is 9.84 Å². The van der Waals surface area contributed by atoms with Gasteiger partial charge in [-0.1, -0.05) is 5.16 Å². The maximum absolute atomic E-state index is 12.0. The number of carbonyl (C=O) groups is 1. The molecule has 2 rings (SSSR count). The topological polar surface area (TPSA) is 68.0 Å². The molecule has 88 valence electrons. The number of anilines is 1. The van der Waals surface area contributed by atoms with Gasteiger partial charge in [0.1, 0.15) is 11.4 Å². The minimum atomic E-state index is -0.204. The molecule has 2 aromatic heterocycles. The Labute approximate surface area is 98.8 Å². The van der Waals surface area contributed by atoms with Crippen molar-refractivity contribution >= 4 is 11.6 Å². The summed E-state index contributed by atoms with van der Waals surface area (Å²) in [5.41, 5.74) is 2.72. The standard InChI is InChI=1S/C12H13N3O2/c1-7-4-5-13-6-10(7)12(16)14-11-8(2)15-17-9(11)3/h4-6H,1-3H3,(H,14,16). The van der Waals surface area contributed by atoms with E-state index < -0.39 is 0 Å². The number of aryl methyl sites for hydroxylation is 3. The molecule has 0 atom stereocenters. The van der Waals surface area contributed by atoms with E-state index in [4.69, 9.17) is 4.52 Å². The van der Waals surface area contributed by atoms with Crippen LogP contribution in [0.4, 0.5) is 5.69 Å². The van der Waals surface area contributed by atoms with Crippen LogP contribution < -0.4 is 5.32 Å². The van der Waals surface area contributed by atoms with Gasteiger partial charge in [0.25, 0.3) is 5.91 Å². The molecule has 0 fully saturated rings. The van der Waals surface area contributed by atoms with Crippen molar-refractivity contribution in [3.05, 3.63) is 41.0 Å². The van der Waals surface area contributed by atoms with Crippen molar-refractivity contribution < 1.29 is 9.32 Å². The van der Waals surface area contributed by atoms with Gasteiger partial charge in [0.15, 0.2) is 5.76 Å². The van der Waals surface area contributed by atoms with Crippen molar-refractivity contribution in [3.63, 3.8) is 0 Å². The van der Waals surface area contributed by atoms with Crippen LogP contribution in [0.3, 0.4) is 0 Å².